The fourth-order valence-corrected chi connectivity index (χ4v) is 0.723. The molecule has 1 heterocycles. The van der Waals surface area contributed by atoms with E-state index in [4.69, 9.17) is 0 Å². The van der Waals surface area contributed by atoms with Gasteiger partial charge < -0.3 is 0 Å². The fourth-order valence-electron chi connectivity index (χ4n) is 0.300. The van der Waals surface area contributed by atoms with Crippen LogP contribution < -0.4 is 0 Å². The van der Waals surface area contributed by atoms with Gasteiger partial charge in [0.2, 0.25) is 0 Å². The minimum Gasteiger partial charge on any atom is -0.142 e. The summed E-state index contributed by atoms with van der Waals surface area (Å²) in [6.45, 7) is 0. The van der Waals surface area contributed by atoms with Gasteiger partial charge in [-0.25, -0.2) is 0 Å². The van der Waals surface area contributed by atoms with Gasteiger partial charge in [-0.3, -0.25) is 0 Å². The van der Waals surface area contributed by atoms with E-state index in [0.29, 0.717) is 0 Å². The van der Waals surface area contributed by atoms with Gasteiger partial charge >= 0.3 is 0 Å². The monoisotopic (exact) mass is 316 g/mol. The predicted octanol–water partition coefficient (Wildman–Crippen LogP) is 2.58. The molecule has 1 rings (SSSR count). The van der Waals surface area contributed by atoms with Crippen LogP contribution in [-0.4, -0.2) is 10.2 Å². The zero-order valence-corrected chi connectivity index (χ0v) is 9.10. The molecule has 0 bridgehead atoms. The molecule has 9 heavy (non-hydrogen) atoms. The van der Waals surface area contributed by atoms with Crippen LogP contribution in [0.15, 0.2) is 21.3 Å². The first kappa shape index (κ1) is 9.52. The molecular formula is C4H3Br3N2. The zero-order valence-electron chi connectivity index (χ0n) is 4.21. The van der Waals surface area contributed by atoms with Crippen molar-refractivity contribution in [2.45, 2.75) is 0 Å². The van der Waals surface area contributed by atoms with E-state index < -0.39 is 0 Å². The third-order valence-corrected chi connectivity index (χ3v) is 1.45. The number of hydrogen-bond acceptors (Lipinski definition) is 2. The topological polar surface area (TPSA) is 25.8 Å². The summed E-state index contributed by atoms with van der Waals surface area (Å²) in [5.41, 5.74) is 0. The molecule has 0 N–H and O–H groups in total. The molecule has 0 saturated heterocycles. The minimum absolute atomic E-state index is 0. The van der Waals surface area contributed by atoms with E-state index in [1.807, 2.05) is 12.1 Å². The molecule has 5 heteroatoms. The van der Waals surface area contributed by atoms with Crippen LogP contribution >= 0.6 is 48.8 Å². The van der Waals surface area contributed by atoms with Crippen LogP contribution in [0.4, 0.5) is 0 Å². The first-order chi connectivity index (χ1) is 3.79. The van der Waals surface area contributed by atoms with Crippen molar-refractivity contribution >= 4 is 48.8 Å². The van der Waals surface area contributed by atoms with Gasteiger partial charge in [-0.2, -0.15) is 0 Å². The normalized spacial score (nSPS) is 8.22. The van der Waals surface area contributed by atoms with E-state index in [-0.39, 0.29) is 17.0 Å². The molecule has 0 aliphatic rings. The Balaban J connectivity index is 0.000000640. The Bertz CT molecular complexity index is 153. The first-order valence-electron chi connectivity index (χ1n) is 1.94. The molecule has 0 unspecified atom stereocenters. The van der Waals surface area contributed by atoms with Crippen LogP contribution in [-0.2, 0) is 0 Å². The molecule has 50 valence electrons. The van der Waals surface area contributed by atoms with E-state index in [2.05, 4.69) is 42.1 Å². The largest absolute Gasteiger partial charge is 0.142 e. The lowest BCUT2D eigenvalue weighted by molar-refractivity contribution is 0.981. The second-order valence-corrected chi connectivity index (χ2v) is 2.80. The van der Waals surface area contributed by atoms with Crippen LogP contribution in [0.5, 0.6) is 0 Å². The molecule has 0 spiro atoms. The van der Waals surface area contributed by atoms with Crippen LogP contribution in [0.1, 0.15) is 0 Å². The maximum Gasteiger partial charge on any atom is 0.128 e. The summed E-state index contributed by atoms with van der Waals surface area (Å²) >= 11 is 6.30. The van der Waals surface area contributed by atoms with E-state index in [9.17, 15) is 0 Å². The van der Waals surface area contributed by atoms with Gasteiger partial charge in [0.05, 0.1) is 0 Å². The summed E-state index contributed by atoms with van der Waals surface area (Å²) in [4.78, 5) is 0. The highest BCUT2D eigenvalue weighted by molar-refractivity contribution is 9.10. The Kier molecular flexibility index (Phi) is 4.61. The van der Waals surface area contributed by atoms with Gasteiger partial charge in [0.25, 0.3) is 0 Å². The van der Waals surface area contributed by atoms with Crippen molar-refractivity contribution in [3.63, 3.8) is 0 Å². The standard InChI is InChI=1S/C4H2Br2N2.BrH/c5-3-1-2-4(6)8-7-3;/h1-2H;1H. The predicted molar refractivity (Wildman–Crippen MR) is 47.8 cm³/mol. The number of halogens is 3. The number of aromatic nitrogens is 2. The van der Waals surface area contributed by atoms with Crippen molar-refractivity contribution in [3.8, 4) is 0 Å². The summed E-state index contributed by atoms with van der Waals surface area (Å²) in [5.74, 6) is 0. The van der Waals surface area contributed by atoms with E-state index in [1.54, 1.807) is 0 Å². The number of hydrogen-bond donors (Lipinski definition) is 0. The third kappa shape index (κ3) is 3.27. The summed E-state index contributed by atoms with van der Waals surface area (Å²) < 4.78 is 1.50. The van der Waals surface area contributed by atoms with Gasteiger partial charge in [0, 0.05) is 0 Å². The Morgan fingerprint density at radius 3 is 1.56 bits per heavy atom. The maximum atomic E-state index is 3.70. The SMILES string of the molecule is Br.Brc1ccc(Br)nn1. The highest BCUT2D eigenvalue weighted by Crippen LogP contribution is 2.07. The van der Waals surface area contributed by atoms with Gasteiger partial charge in [0.1, 0.15) is 9.21 Å². The second kappa shape index (κ2) is 4.35. The Hall–Kier alpha value is 0.520. The lowest BCUT2D eigenvalue weighted by Crippen LogP contribution is -1.79. The number of rotatable bonds is 0. The molecule has 0 amide bonds. The van der Waals surface area contributed by atoms with Crippen LogP contribution in [0.2, 0.25) is 0 Å². The molecule has 0 aliphatic heterocycles. The van der Waals surface area contributed by atoms with Crippen molar-refractivity contribution < 1.29 is 0 Å². The average molecular weight is 319 g/mol. The lowest BCUT2D eigenvalue weighted by atomic mass is 10.6. The van der Waals surface area contributed by atoms with Crippen LogP contribution in [0, 0.1) is 0 Å². The first-order valence-corrected chi connectivity index (χ1v) is 3.52. The molecule has 1 aromatic rings. The van der Waals surface area contributed by atoms with Gasteiger partial charge in [0.15, 0.2) is 0 Å². The fraction of sp³-hybridized carbons (Fsp3) is 0. The van der Waals surface area contributed by atoms with Crippen molar-refractivity contribution in [1.82, 2.24) is 10.2 Å². The average Bonchev–Trinajstić information content (AvgIpc) is 1.77. The molecule has 0 atom stereocenters. The highest BCUT2D eigenvalue weighted by atomic mass is 79.9. The summed E-state index contributed by atoms with van der Waals surface area (Å²) in [6, 6.07) is 3.63. The van der Waals surface area contributed by atoms with E-state index >= 15 is 0 Å². The molecule has 0 aliphatic carbocycles. The molecule has 0 fully saturated rings. The third-order valence-electron chi connectivity index (χ3n) is 0.599. The van der Waals surface area contributed by atoms with Gasteiger partial charge in [-0.1, -0.05) is 0 Å². The number of nitrogens with zero attached hydrogens (tertiary/aromatic N) is 2. The van der Waals surface area contributed by atoms with Crippen molar-refractivity contribution in [3.05, 3.63) is 21.3 Å². The van der Waals surface area contributed by atoms with E-state index in [0.717, 1.165) is 9.21 Å². The Labute approximate surface area is 80.1 Å². The Morgan fingerprint density at radius 1 is 1.00 bits per heavy atom. The quantitative estimate of drug-likeness (QED) is 0.735. The van der Waals surface area contributed by atoms with Crippen LogP contribution in [0.25, 0.3) is 0 Å². The highest BCUT2D eigenvalue weighted by Gasteiger charge is 1.86. The van der Waals surface area contributed by atoms with Gasteiger partial charge in [-0.05, 0) is 44.0 Å². The zero-order chi connectivity index (χ0) is 5.98. The lowest BCUT2D eigenvalue weighted by Gasteiger charge is -1.84. The van der Waals surface area contributed by atoms with Crippen molar-refractivity contribution in [2.24, 2.45) is 0 Å². The van der Waals surface area contributed by atoms with Crippen molar-refractivity contribution in [2.75, 3.05) is 0 Å². The smallest absolute Gasteiger partial charge is 0.128 e. The molecular weight excluding hydrogens is 316 g/mol. The minimum atomic E-state index is 0. The summed E-state index contributed by atoms with van der Waals surface area (Å²) in [5, 5.41) is 7.40. The molecule has 0 radical (unpaired) electrons. The van der Waals surface area contributed by atoms with Crippen molar-refractivity contribution in [1.29, 1.82) is 0 Å². The molecule has 0 aromatic carbocycles. The molecule has 0 saturated carbocycles. The maximum absolute atomic E-state index is 3.70. The van der Waals surface area contributed by atoms with E-state index in [1.165, 1.54) is 0 Å². The molecule has 2 nitrogen and oxygen atoms in total. The summed E-state index contributed by atoms with van der Waals surface area (Å²) in [7, 11) is 0. The van der Waals surface area contributed by atoms with Gasteiger partial charge in [-0.15, -0.1) is 27.2 Å². The molecule has 1 aromatic heterocycles. The summed E-state index contributed by atoms with van der Waals surface area (Å²) in [6.07, 6.45) is 0. The second-order valence-electron chi connectivity index (χ2n) is 1.18. The van der Waals surface area contributed by atoms with Crippen LogP contribution in [0.3, 0.4) is 0 Å². The Morgan fingerprint density at radius 2 is 1.33 bits per heavy atom.